The third-order valence-corrected chi connectivity index (χ3v) is 15.4. The molecule has 390 valence electrons. The molecular formula is C53H81N5O12. The number of ketones is 3. The first-order valence-corrected chi connectivity index (χ1v) is 24.9. The van der Waals surface area contributed by atoms with Crippen molar-refractivity contribution in [2.75, 3.05) is 27.8 Å². The Kier molecular flexibility index (Phi) is 18.3. The van der Waals surface area contributed by atoms with Crippen LogP contribution in [-0.4, -0.2) is 141 Å². The van der Waals surface area contributed by atoms with Gasteiger partial charge < -0.3 is 38.8 Å². The highest BCUT2D eigenvalue weighted by molar-refractivity contribution is 6.39. The highest BCUT2D eigenvalue weighted by atomic mass is 16.6. The molecule has 17 heteroatoms. The van der Waals surface area contributed by atoms with E-state index >= 15 is 0 Å². The quantitative estimate of drug-likeness (QED) is 0.174. The number of nitrogens with zero attached hydrogens (tertiary/aromatic N) is 5. The van der Waals surface area contributed by atoms with Crippen LogP contribution in [0.25, 0.3) is 0 Å². The van der Waals surface area contributed by atoms with Crippen molar-refractivity contribution in [3.8, 4) is 0 Å². The summed E-state index contributed by atoms with van der Waals surface area (Å²) in [4.78, 5) is 73.0. The zero-order valence-electron chi connectivity index (χ0n) is 47.7. The first kappa shape index (κ1) is 49.3. The fraction of sp³-hybridized carbons (Fsp3) is 0.736. The van der Waals surface area contributed by atoms with Gasteiger partial charge in [0.25, 0.3) is 11.7 Å². The molecule has 1 saturated carbocycles. The van der Waals surface area contributed by atoms with E-state index in [1.54, 1.807) is 64.0 Å². The standard InChI is InChI=1S/C53H81N5O12/c1-31-17-13-12-14-18-32(2)44(66-9)28-40-22-20-36(6)53(65,70-40)50(62)51(63)57-24-16-15-19-42(57)52(64)69-45(34(4)26-39-21-23-41(46(27-39)67-10)58-30-54-55-56-58)29-43(59)33(3)25-35(5)47(60)49(68-11)48(61)38(8)37(31)7/h12-14,17-18,25,30-31,33-34,36-42,44-47,49,60,65H,15-16,19-24,26-29H2,1-11H3/b14-12+,17-13+,32-18+,35-25+/t31-,33-,34-,36-,37?,38-,39+,40+,41+,42+,44+,45+,46-,47-,49-,53-/m1/s1/i9D3,31D,37D. The number of ether oxygens (including phenoxy) is 5. The lowest BCUT2D eigenvalue weighted by molar-refractivity contribution is -0.265. The van der Waals surface area contributed by atoms with Crippen molar-refractivity contribution >= 4 is 29.2 Å². The highest BCUT2D eigenvalue weighted by Crippen LogP contribution is 2.39. The van der Waals surface area contributed by atoms with Crippen molar-refractivity contribution in [2.45, 2.75) is 181 Å². The number of cyclic esters (lactones) is 1. The van der Waals surface area contributed by atoms with Crippen LogP contribution in [-0.2, 0) is 47.7 Å². The average molecular weight is 985 g/mol. The summed E-state index contributed by atoms with van der Waals surface area (Å²) >= 11 is 0. The molecule has 0 spiro atoms. The van der Waals surface area contributed by atoms with Crippen molar-refractivity contribution < 1.29 is 64.7 Å². The molecular weight excluding hydrogens is 899 g/mol. The highest BCUT2D eigenvalue weighted by Gasteiger charge is 2.53. The minimum Gasteiger partial charge on any atom is -0.460 e. The summed E-state index contributed by atoms with van der Waals surface area (Å²) in [6.45, 7) is 12.7. The van der Waals surface area contributed by atoms with E-state index < -0.39 is 108 Å². The monoisotopic (exact) mass is 985 g/mol. The number of aromatic nitrogens is 4. The molecule has 5 rings (SSSR count). The van der Waals surface area contributed by atoms with Crippen molar-refractivity contribution in [3.05, 3.63) is 53.9 Å². The molecule has 4 heterocycles. The predicted octanol–water partition coefficient (Wildman–Crippen LogP) is 6.29. The Labute approximate surface area is 421 Å². The minimum absolute atomic E-state index is 0.00322. The van der Waals surface area contributed by atoms with E-state index in [-0.39, 0.29) is 68.1 Å². The summed E-state index contributed by atoms with van der Waals surface area (Å²) < 4.78 is 73.3. The van der Waals surface area contributed by atoms with Crippen molar-refractivity contribution in [3.63, 3.8) is 0 Å². The van der Waals surface area contributed by atoms with Crippen LogP contribution in [0.4, 0.5) is 0 Å². The van der Waals surface area contributed by atoms with E-state index in [0.717, 1.165) is 11.3 Å². The number of aliphatic hydroxyl groups is 2. The van der Waals surface area contributed by atoms with Gasteiger partial charge in [0.15, 0.2) is 5.78 Å². The number of piperidine rings is 1. The lowest BCUT2D eigenvalue weighted by Crippen LogP contribution is -2.61. The number of carbonyl (C=O) groups is 5. The molecule has 0 aromatic carbocycles. The smallest absolute Gasteiger partial charge is 0.329 e. The van der Waals surface area contributed by atoms with Crippen LogP contribution in [0, 0.1) is 41.4 Å². The van der Waals surface area contributed by atoms with E-state index in [1.165, 1.54) is 46.1 Å². The number of aliphatic hydroxyl groups excluding tert-OH is 1. The molecule has 3 fully saturated rings. The van der Waals surface area contributed by atoms with Crippen LogP contribution in [0.15, 0.2) is 53.9 Å². The molecule has 16 atom stereocenters. The Balaban J connectivity index is 1.53. The van der Waals surface area contributed by atoms with Gasteiger partial charge in [-0.05, 0) is 117 Å². The van der Waals surface area contributed by atoms with Gasteiger partial charge in [-0.2, -0.15) is 0 Å². The predicted molar refractivity (Wildman–Crippen MR) is 261 cm³/mol. The second kappa shape index (κ2) is 25.9. The topological polar surface area (TPSA) is 219 Å². The van der Waals surface area contributed by atoms with Crippen LogP contribution in [0.1, 0.15) is 139 Å². The molecule has 1 aromatic rings. The van der Waals surface area contributed by atoms with E-state index in [0.29, 0.717) is 37.7 Å². The van der Waals surface area contributed by atoms with Gasteiger partial charge in [-0.1, -0.05) is 78.0 Å². The Morgan fingerprint density at radius 1 is 0.943 bits per heavy atom. The van der Waals surface area contributed by atoms with Crippen molar-refractivity contribution in [1.29, 1.82) is 0 Å². The molecule has 1 unspecified atom stereocenters. The Hall–Kier alpha value is -4.26. The van der Waals surface area contributed by atoms with Crippen molar-refractivity contribution in [1.82, 2.24) is 25.1 Å². The third kappa shape index (κ3) is 13.8. The van der Waals surface area contributed by atoms with Crippen LogP contribution < -0.4 is 0 Å². The van der Waals surface area contributed by atoms with Gasteiger partial charge in [0.2, 0.25) is 5.79 Å². The summed E-state index contributed by atoms with van der Waals surface area (Å²) in [6, 6.07) is -1.34. The third-order valence-electron chi connectivity index (χ3n) is 15.4. The summed E-state index contributed by atoms with van der Waals surface area (Å²) in [7, 11) is 0.0221. The van der Waals surface area contributed by atoms with Crippen LogP contribution in [0.5, 0.6) is 0 Å². The Morgan fingerprint density at radius 2 is 1.70 bits per heavy atom. The number of carbonyl (C=O) groups excluding carboxylic acids is 5. The maximum Gasteiger partial charge on any atom is 0.329 e. The lowest BCUT2D eigenvalue weighted by atomic mass is 9.77. The fourth-order valence-corrected chi connectivity index (χ4v) is 10.4. The van der Waals surface area contributed by atoms with Gasteiger partial charge in [0.1, 0.15) is 36.5 Å². The number of hydrogen-bond acceptors (Lipinski definition) is 15. The Morgan fingerprint density at radius 3 is 2.39 bits per heavy atom. The maximum absolute atomic E-state index is 14.6. The first-order valence-electron chi connectivity index (χ1n) is 27.4. The van der Waals surface area contributed by atoms with Gasteiger partial charge in [0.05, 0.1) is 28.5 Å². The zero-order valence-corrected chi connectivity index (χ0v) is 42.7. The van der Waals surface area contributed by atoms with Gasteiger partial charge in [-0.15, -0.1) is 5.10 Å². The molecule has 2 saturated heterocycles. The number of tetrazole rings is 1. The van der Waals surface area contributed by atoms with Gasteiger partial charge in [0, 0.05) is 61.1 Å². The van der Waals surface area contributed by atoms with Gasteiger partial charge >= 0.3 is 5.97 Å². The molecule has 1 aliphatic carbocycles. The van der Waals surface area contributed by atoms with E-state index in [9.17, 15) is 36.9 Å². The number of allylic oxidation sites excluding steroid dienone is 6. The van der Waals surface area contributed by atoms with E-state index in [4.69, 9.17) is 27.8 Å². The molecule has 1 aromatic heterocycles. The molecule has 4 aliphatic rings. The molecule has 1 amide bonds. The van der Waals surface area contributed by atoms with E-state index in [1.807, 2.05) is 6.92 Å². The second-order valence-electron chi connectivity index (χ2n) is 20.2. The molecule has 70 heavy (non-hydrogen) atoms. The molecule has 2 N–H and O–H groups in total. The number of amides is 1. The van der Waals surface area contributed by atoms with Gasteiger partial charge in [-0.25, -0.2) is 9.48 Å². The van der Waals surface area contributed by atoms with Crippen LogP contribution >= 0.6 is 0 Å². The van der Waals surface area contributed by atoms with Crippen molar-refractivity contribution in [2.24, 2.45) is 41.4 Å². The summed E-state index contributed by atoms with van der Waals surface area (Å²) in [6.07, 6.45) is 8.31. The number of Topliss-reactive ketones (excluding diaryl/α,β-unsaturated/α-hetero) is 3. The SMILES string of the molecule is [2H]C([2H])([2H])O[C@H]1C[C@@H]2CC[C@@H](C)[C@@](O)(O2)C(=O)C(=O)N2CCCC[C@H]2C(=O)O[C@H]([C@H](C)C[C@@H]2CC[C@H](n3cnnn3)[C@H](OC)C2)CC(=O)[C@H](C)/C=C(\C)[C@@H](O)[C@@H](OC)C(=O)[C@H](C)C([2H])(C)[C@]([2H])(C)/C=C/C=C/C=C/1C. The molecule has 0 radical (unpaired) electrons. The fourth-order valence-electron chi connectivity index (χ4n) is 10.4. The molecule has 3 aliphatic heterocycles. The largest absolute Gasteiger partial charge is 0.460 e. The summed E-state index contributed by atoms with van der Waals surface area (Å²) in [5, 5.41) is 35.4. The number of rotatable bonds is 7. The average Bonchev–Trinajstić information content (AvgIpc) is 3.90. The number of fused-ring (bicyclic) bond motifs is 3. The lowest BCUT2D eigenvalue weighted by Gasteiger charge is -2.42. The van der Waals surface area contributed by atoms with E-state index in [2.05, 4.69) is 15.5 Å². The number of hydrogen-bond donors (Lipinski definition) is 2. The van der Waals surface area contributed by atoms with Crippen LogP contribution in [0.3, 0.4) is 0 Å². The first-order chi connectivity index (χ1) is 35.1. The Bertz CT molecular complexity index is 2270. The normalized spacial score (nSPS) is 42.8. The summed E-state index contributed by atoms with van der Waals surface area (Å²) in [5.74, 6) is -13.5. The minimum atomic E-state index is -2.86. The van der Waals surface area contributed by atoms with Gasteiger partial charge in [-0.3, -0.25) is 19.2 Å². The number of esters is 1. The second-order valence-corrected chi connectivity index (χ2v) is 20.2. The zero-order chi connectivity index (χ0) is 55.8. The molecule has 2 bridgehead atoms. The number of methoxy groups -OCH3 is 3. The van der Waals surface area contributed by atoms with Crippen LogP contribution in [0.2, 0.25) is 0 Å². The molecule has 17 nitrogen and oxygen atoms in total. The summed E-state index contributed by atoms with van der Waals surface area (Å²) in [5.41, 5.74) is 0.676. The maximum atomic E-state index is 14.6.